The van der Waals surface area contributed by atoms with Gasteiger partial charge in [0.25, 0.3) is 0 Å². The number of rotatable bonds is 0. The molecule has 1 aliphatic heterocycles. The molecule has 0 amide bonds. The summed E-state index contributed by atoms with van der Waals surface area (Å²) in [5, 5.41) is 9.07. The van der Waals surface area contributed by atoms with Gasteiger partial charge in [0.05, 0.1) is 5.56 Å². The standard InChI is InChI=1S/C8H5FO3/c9-4-1-2-5-6(3-4)8(11)12-7(5)10/h1-3,8,11H. The third-order valence-corrected chi connectivity index (χ3v) is 1.72. The normalized spacial score (nSPS) is 20.5. The van der Waals surface area contributed by atoms with Crippen molar-refractivity contribution in [3.05, 3.63) is 35.1 Å². The molecule has 0 aromatic heterocycles. The van der Waals surface area contributed by atoms with Crippen LogP contribution in [-0.2, 0) is 4.74 Å². The molecule has 1 aromatic rings. The van der Waals surface area contributed by atoms with Gasteiger partial charge in [-0.1, -0.05) is 0 Å². The molecular formula is C8H5FO3. The number of halogens is 1. The third-order valence-electron chi connectivity index (χ3n) is 1.72. The maximum Gasteiger partial charge on any atom is 0.341 e. The zero-order chi connectivity index (χ0) is 8.72. The van der Waals surface area contributed by atoms with Crippen LogP contribution >= 0.6 is 0 Å². The molecule has 0 radical (unpaired) electrons. The fourth-order valence-electron chi connectivity index (χ4n) is 1.15. The molecule has 0 saturated heterocycles. The van der Waals surface area contributed by atoms with Crippen LogP contribution in [0.2, 0.25) is 0 Å². The molecule has 0 spiro atoms. The number of ether oxygens (including phenoxy) is 1. The number of benzene rings is 1. The van der Waals surface area contributed by atoms with Crippen molar-refractivity contribution in [2.45, 2.75) is 6.29 Å². The van der Waals surface area contributed by atoms with E-state index in [1.54, 1.807) is 0 Å². The summed E-state index contributed by atoms with van der Waals surface area (Å²) in [5.74, 6) is -1.11. The summed E-state index contributed by atoms with van der Waals surface area (Å²) in [6, 6.07) is 3.53. The Balaban J connectivity index is 2.60. The van der Waals surface area contributed by atoms with E-state index in [4.69, 9.17) is 5.11 Å². The predicted molar refractivity (Wildman–Crippen MR) is 36.8 cm³/mol. The van der Waals surface area contributed by atoms with E-state index in [1.165, 1.54) is 6.07 Å². The van der Waals surface area contributed by atoms with Crippen LogP contribution in [0.5, 0.6) is 0 Å². The minimum absolute atomic E-state index is 0.194. The highest BCUT2D eigenvalue weighted by molar-refractivity contribution is 5.93. The Hall–Kier alpha value is -1.42. The van der Waals surface area contributed by atoms with E-state index in [0.717, 1.165) is 12.1 Å². The smallest absolute Gasteiger partial charge is 0.341 e. The van der Waals surface area contributed by atoms with Gasteiger partial charge in [0, 0.05) is 5.56 Å². The van der Waals surface area contributed by atoms with Crippen LogP contribution in [0.25, 0.3) is 0 Å². The van der Waals surface area contributed by atoms with Crippen molar-refractivity contribution < 1.29 is 19.0 Å². The fourth-order valence-corrected chi connectivity index (χ4v) is 1.15. The van der Waals surface area contributed by atoms with Crippen LogP contribution in [0.4, 0.5) is 4.39 Å². The van der Waals surface area contributed by atoms with Gasteiger partial charge in [-0.3, -0.25) is 0 Å². The second-order valence-electron chi connectivity index (χ2n) is 2.49. The summed E-state index contributed by atoms with van der Waals surface area (Å²) >= 11 is 0. The van der Waals surface area contributed by atoms with Crippen molar-refractivity contribution in [2.24, 2.45) is 0 Å². The monoisotopic (exact) mass is 168 g/mol. The molecule has 0 saturated carbocycles. The quantitative estimate of drug-likeness (QED) is 0.587. The van der Waals surface area contributed by atoms with Gasteiger partial charge in [0.2, 0.25) is 6.29 Å². The molecule has 12 heavy (non-hydrogen) atoms. The molecule has 0 aliphatic carbocycles. The van der Waals surface area contributed by atoms with E-state index < -0.39 is 18.1 Å². The minimum atomic E-state index is -1.32. The first-order chi connectivity index (χ1) is 5.68. The Bertz CT molecular complexity index is 348. The number of cyclic esters (lactones) is 1. The van der Waals surface area contributed by atoms with Crippen molar-refractivity contribution in [3.63, 3.8) is 0 Å². The SMILES string of the molecule is O=C1OC(O)c2cc(F)ccc21. The Labute approximate surface area is 67.4 Å². The first-order valence-electron chi connectivity index (χ1n) is 3.37. The van der Waals surface area contributed by atoms with Gasteiger partial charge in [-0.05, 0) is 18.2 Å². The third kappa shape index (κ3) is 0.887. The number of hydrogen-bond acceptors (Lipinski definition) is 3. The van der Waals surface area contributed by atoms with Gasteiger partial charge in [-0.25, -0.2) is 9.18 Å². The Morgan fingerprint density at radius 1 is 1.50 bits per heavy atom. The van der Waals surface area contributed by atoms with Crippen LogP contribution in [0, 0.1) is 5.82 Å². The van der Waals surface area contributed by atoms with Gasteiger partial charge >= 0.3 is 5.97 Å². The Morgan fingerprint density at radius 3 is 3.00 bits per heavy atom. The first-order valence-corrected chi connectivity index (χ1v) is 3.37. The number of esters is 1. The Kier molecular flexibility index (Phi) is 1.38. The molecule has 1 atom stereocenters. The van der Waals surface area contributed by atoms with Gasteiger partial charge in [0.15, 0.2) is 0 Å². The molecule has 0 fully saturated rings. The zero-order valence-electron chi connectivity index (χ0n) is 5.95. The number of fused-ring (bicyclic) bond motifs is 1. The fraction of sp³-hybridized carbons (Fsp3) is 0.125. The van der Waals surface area contributed by atoms with E-state index in [1.807, 2.05) is 0 Å². The van der Waals surface area contributed by atoms with Gasteiger partial charge in [-0.15, -0.1) is 0 Å². The average Bonchev–Trinajstić information content (AvgIpc) is 2.28. The van der Waals surface area contributed by atoms with E-state index in [0.29, 0.717) is 0 Å². The summed E-state index contributed by atoms with van der Waals surface area (Å²) < 4.78 is 17.0. The van der Waals surface area contributed by atoms with Crippen molar-refractivity contribution >= 4 is 5.97 Å². The maximum atomic E-state index is 12.6. The molecule has 2 rings (SSSR count). The van der Waals surface area contributed by atoms with E-state index in [9.17, 15) is 9.18 Å². The summed E-state index contributed by atoms with van der Waals surface area (Å²) in [6.07, 6.45) is -1.32. The van der Waals surface area contributed by atoms with Crippen LogP contribution in [-0.4, -0.2) is 11.1 Å². The predicted octanol–water partition coefficient (Wildman–Crippen LogP) is 0.987. The number of hydrogen-bond donors (Lipinski definition) is 1. The lowest BCUT2D eigenvalue weighted by Gasteiger charge is -1.99. The van der Waals surface area contributed by atoms with Crippen molar-refractivity contribution in [1.82, 2.24) is 0 Å². The molecule has 4 heteroatoms. The lowest BCUT2D eigenvalue weighted by molar-refractivity contribution is -0.0548. The maximum absolute atomic E-state index is 12.6. The van der Waals surface area contributed by atoms with Gasteiger partial charge in [0.1, 0.15) is 5.82 Å². The highest BCUT2D eigenvalue weighted by Crippen LogP contribution is 2.28. The topological polar surface area (TPSA) is 46.5 Å². The highest BCUT2D eigenvalue weighted by atomic mass is 19.1. The number of aliphatic hydroxyl groups excluding tert-OH is 1. The van der Waals surface area contributed by atoms with E-state index in [-0.39, 0.29) is 11.1 Å². The molecule has 1 heterocycles. The minimum Gasteiger partial charge on any atom is -0.428 e. The molecule has 1 N–H and O–H groups in total. The largest absolute Gasteiger partial charge is 0.428 e. The highest BCUT2D eigenvalue weighted by Gasteiger charge is 2.29. The van der Waals surface area contributed by atoms with E-state index in [2.05, 4.69) is 4.74 Å². The number of carbonyl (C=O) groups is 1. The van der Waals surface area contributed by atoms with Gasteiger partial charge in [-0.2, -0.15) is 0 Å². The lowest BCUT2D eigenvalue weighted by atomic mass is 10.1. The molecule has 1 aromatic carbocycles. The average molecular weight is 168 g/mol. The molecule has 3 nitrogen and oxygen atoms in total. The van der Waals surface area contributed by atoms with Crippen LogP contribution in [0.1, 0.15) is 22.2 Å². The van der Waals surface area contributed by atoms with Crippen molar-refractivity contribution in [2.75, 3.05) is 0 Å². The molecular weight excluding hydrogens is 163 g/mol. The van der Waals surface area contributed by atoms with Crippen LogP contribution < -0.4 is 0 Å². The van der Waals surface area contributed by atoms with Gasteiger partial charge < -0.3 is 9.84 Å². The van der Waals surface area contributed by atoms with Crippen molar-refractivity contribution in [3.8, 4) is 0 Å². The molecule has 1 aliphatic rings. The number of aliphatic hydroxyl groups is 1. The molecule has 62 valence electrons. The Morgan fingerprint density at radius 2 is 2.25 bits per heavy atom. The van der Waals surface area contributed by atoms with Crippen molar-refractivity contribution in [1.29, 1.82) is 0 Å². The molecule has 0 bridgehead atoms. The summed E-state index contributed by atoms with van der Waals surface area (Å²) in [5.41, 5.74) is 0.420. The summed E-state index contributed by atoms with van der Waals surface area (Å²) in [4.78, 5) is 10.9. The van der Waals surface area contributed by atoms with Crippen LogP contribution in [0.15, 0.2) is 18.2 Å². The summed E-state index contributed by atoms with van der Waals surface area (Å²) in [7, 11) is 0. The zero-order valence-corrected chi connectivity index (χ0v) is 5.95. The van der Waals surface area contributed by atoms with Crippen LogP contribution in [0.3, 0.4) is 0 Å². The van der Waals surface area contributed by atoms with E-state index >= 15 is 0 Å². The molecule has 1 unspecified atom stereocenters. The number of carbonyl (C=O) groups excluding carboxylic acids is 1. The second kappa shape index (κ2) is 2.28. The lowest BCUT2D eigenvalue weighted by Crippen LogP contribution is -1.95. The first kappa shape index (κ1) is 7.24. The summed E-state index contributed by atoms with van der Waals surface area (Å²) in [6.45, 7) is 0. The second-order valence-corrected chi connectivity index (χ2v) is 2.49.